The van der Waals surface area contributed by atoms with Gasteiger partial charge in [-0.25, -0.2) is 14.8 Å². The number of ether oxygens (including phenoxy) is 1. The van der Waals surface area contributed by atoms with Gasteiger partial charge in [0.05, 0.1) is 12.3 Å². The highest BCUT2D eigenvalue weighted by Gasteiger charge is 2.29. The Bertz CT molecular complexity index is 588. The maximum Gasteiger partial charge on any atom is 0.342 e. The van der Waals surface area contributed by atoms with E-state index in [2.05, 4.69) is 15.3 Å². The molecule has 1 aliphatic rings. The van der Waals surface area contributed by atoms with Gasteiger partial charge in [-0.15, -0.1) is 0 Å². The number of aromatic nitrogens is 2. The van der Waals surface area contributed by atoms with Crippen molar-refractivity contribution in [1.82, 2.24) is 20.2 Å². The number of carbonyl (C=O) groups excluding carboxylic acids is 2. The van der Waals surface area contributed by atoms with Gasteiger partial charge in [-0.2, -0.15) is 0 Å². The Hall–Kier alpha value is -2.02. The lowest BCUT2D eigenvalue weighted by Gasteiger charge is -2.32. The minimum Gasteiger partial charge on any atom is -0.462 e. The number of nitrogens with zero attached hydrogens (tertiary/aromatic N) is 3. The summed E-state index contributed by atoms with van der Waals surface area (Å²) in [6.07, 6.45) is 0. The van der Waals surface area contributed by atoms with Crippen molar-refractivity contribution in [2.45, 2.75) is 33.7 Å². The Kier molecular flexibility index (Phi) is 5.07. The molecule has 1 N–H and O–H groups in total. The molecule has 2 heterocycles. The van der Waals surface area contributed by atoms with Crippen LogP contribution in [0.2, 0.25) is 0 Å². The van der Waals surface area contributed by atoms with E-state index in [0.29, 0.717) is 24.6 Å². The van der Waals surface area contributed by atoms with E-state index in [1.165, 1.54) is 0 Å². The van der Waals surface area contributed by atoms with Crippen LogP contribution < -0.4 is 5.32 Å². The molecule has 0 saturated carbocycles. The Labute approximate surface area is 130 Å². The van der Waals surface area contributed by atoms with E-state index in [4.69, 9.17) is 4.74 Å². The maximum absolute atomic E-state index is 12.8. The third kappa shape index (κ3) is 3.41. The van der Waals surface area contributed by atoms with Crippen LogP contribution in [0.5, 0.6) is 0 Å². The summed E-state index contributed by atoms with van der Waals surface area (Å²) < 4.78 is 5.05. The summed E-state index contributed by atoms with van der Waals surface area (Å²) in [5, 5.41) is 3.28. The van der Waals surface area contributed by atoms with Gasteiger partial charge in [-0.05, 0) is 27.7 Å². The van der Waals surface area contributed by atoms with Crippen molar-refractivity contribution in [2.75, 3.05) is 26.2 Å². The van der Waals surface area contributed by atoms with E-state index in [1.807, 2.05) is 6.92 Å². The lowest BCUT2D eigenvalue weighted by atomic mass is 10.1. The smallest absolute Gasteiger partial charge is 0.342 e. The highest BCUT2D eigenvalue weighted by molar-refractivity contribution is 6.04. The zero-order valence-electron chi connectivity index (χ0n) is 13.5. The monoisotopic (exact) mass is 306 g/mol. The molecular formula is C15H22N4O3. The Morgan fingerprint density at radius 2 is 2.09 bits per heavy atom. The average molecular weight is 306 g/mol. The zero-order chi connectivity index (χ0) is 16.3. The van der Waals surface area contributed by atoms with E-state index in [0.717, 1.165) is 6.54 Å². The molecule has 1 saturated heterocycles. The normalized spacial score (nSPS) is 18.2. The number of esters is 1. The van der Waals surface area contributed by atoms with Crippen molar-refractivity contribution in [3.8, 4) is 0 Å². The molecule has 0 aliphatic carbocycles. The number of hydrogen-bond donors (Lipinski definition) is 1. The molecular weight excluding hydrogens is 284 g/mol. The van der Waals surface area contributed by atoms with Crippen LogP contribution in [0.15, 0.2) is 0 Å². The number of aryl methyl sites for hydroxylation is 2. The second-order valence-corrected chi connectivity index (χ2v) is 5.41. The fraction of sp³-hybridized carbons (Fsp3) is 0.600. The quantitative estimate of drug-likeness (QED) is 0.828. The summed E-state index contributed by atoms with van der Waals surface area (Å²) in [6.45, 7) is 9.28. The first kappa shape index (κ1) is 16.4. The van der Waals surface area contributed by atoms with E-state index >= 15 is 0 Å². The fourth-order valence-corrected chi connectivity index (χ4v) is 2.58. The minimum atomic E-state index is -0.550. The third-order valence-electron chi connectivity index (χ3n) is 3.54. The van der Waals surface area contributed by atoms with Crippen LogP contribution in [0.3, 0.4) is 0 Å². The van der Waals surface area contributed by atoms with Crippen molar-refractivity contribution in [1.29, 1.82) is 0 Å². The average Bonchev–Trinajstić information content (AvgIpc) is 2.45. The SMILES string of the molecule is CCOC(=O)c1c(C)nc(C)nc1C(=O)N1CCNC(C)C1. The second-order valence-electron chi connectivity index (χ2n) is 5.41. The van der Waals surface area contributed by atoms with Crippen LogP contribution >= 0.6 is 0 Å². The van der Waals surface area contributed by atoms with E-state index in [1.54, 1.807) is 25.7 Å². The summed E-state index contributed by atoms with van der Waals surface area (Å²) in [7, 11) is 0. The topological polar surface area (TPSA) is 84.4 Å². The number of carbonyl (C=O) groups is 2. The minimum absolute atomic E-state index is 0.137. The Balaban J connectivity index is 2.40. The molecule has 0 aromatic carbocycles. The largest absolute Gasteiger partial charge is 0.462 e. The van der Waals surface area contributed by atoms with Crippen molar-refractivity contribution < 1.29 is 14.3 Å². The molecule has 1 amide bonds. The molecule has 1 unspecified atom stereocenters. The van der Waals surface area contributed by atoms with Gasteiger partial charge in [0.2, 0.25) is 0 Å². The molecule has 7 nitrogen and oxygen atoms in total. The lowest BCUT2D eigenvalue weighted by molar-refractivity contribution is 0.0513. The molecule has 0 spiro atoms. The number of nitrogens with one attached hydrogen (secondary N) is 1. The van der Waals surface area contributed by atoms with Gasteiger partial charge in [-0.1, -0.05) is 0 Å². The first-order chi connectivity index (χ1) is 10.4. The third-order valence-corrected chi connectivity index (χ3v) is 3.54. The molecule has 0 bridgehead atoms. The van der Waals surface area contributed by atoms with Gasteiger partial charge < -0.3 is 15.0 Å². The van der Waals surface area contributed by atoms with E-state index in [-0.39, 0.29) is 29.8 Å². The zero-order valence-corrected chi connectivity index (χ0v) is 13.5. The van der Waals surface area contributed by atoms with Crippen molar-refractivity contribution in [2.24, 2.45) is 0 Å². The highest BCUT2D eigenvalue weighted by Crippen LogP contribution is 2.16. The van der Waals surface area contributed by atoms with Gasteiger partial charge in [0.25, 0.3) is 5.91 Å². The predicted octanol–water partition coefficient (Wildman–Crippen LogP) is 0.704. The molecule has 120 valence electrons. The molecule has 1 aliphatic heterocycles. The summed E-state index contributed by atoms with van der Waals surface area (Å²) in [4.78, 5) is 35.1. The molecule has 1 atom stereocenters. The van der Waals surface area contributed by atoms with Crippen molar-refractivity contribution in [3.05, 3.63) is 22.8 Å². The maximum atomic E-state index is 12.8. The fourth-order valence-electron chi connectivity index (χ4n) is 2.58. The van der Waals surface area contributed by atoms with Crippen LogP contribution in [0, 0.1) is 13.8 Å². The second kappa shape index (κ2) is 6.83. The first-order valence-corrected chi connectivity index (χ1v) is 7.49. The van der Waals surface area contributed by atoms with Crippen LogP contribution in [-0.2, 0) is 4.74 Å². The highest BCUT2D eigenvalue weighted by atomic mass is 16.5. The van der Waals surface area contributed by atoms with E-state index < -0.39 is 5.97 Å². The number of amides is 1. The summed E-state index contributed by atoms with van der Waals surface area (Å²) >= 11 is 0. The van der Waals surface area contributed by atoms with Gasteiger partial charge in [0.1, 0.15) is 17.1 Å². The summed E-state index contributed by atoms with van der Waals surface area (Å²) in [5.74, 6) is -0.325. The lowest BCUT2D eigenvalue weighted by Crippen LogP contribution is -2.51. The van der Waals surface area contributed by atoms with Crippen LogP contribution in [-0.4, -0.2) is 59.0 Å². The molecule has 0 radical (unpaired) electrons. The Morgan fingerprint density at radius 3 is 2.73 bits per heavy atom. The van der Waals surface area contributed by atoms with Crippen molar-refractivity contribution >= 4 is 11.9 Å². The molecule has 2 rings (SSSR count). The Morgan fingerprint density at radius 1 is 1.36 bits per heavy atom. The number of rotatable bonds is 3. The van der Waals surface area contributed by atoms with Crippen molar-refractivity contribution in [3.63, 3.8) is 0 Å². The summed E-state index contributed by atoms with van der Waals surface area (Å²) in [5.41, 5.74) is 0.777. The van der Waals surface area contributed by atoms with Crippen LogP contribution in [0.25, 0.3) is 0 Å². The number of hydrogen-bond acceptors (Lipinski definition) is 6. The summed E-state index contributed by atoms with van der Waals surface area (Å²) in [6, 6.07) is 0.216. The molecule has 1 fully saturated rings. The van der Waals surface area contributed by atoms with Gasteiger partial charge in [0.15, 0.2) is 0 Å². The van der Waals surface area contributed by atoms with Crippen LogP contribution in [0.1, 0.15) is 46.2 Å². The van der Waals surface area contributed by atoms with Gasteiger partial charge in [-0.3, -0.25) is 4.79 Å². The predicted molar refractivity (Wildman–Crippen MR) is 80.8 cm³/mol. The molecule has 7 heteroatoms. The molecule has 1 aromatic heterocycles. The van der Waals surface area contributed by atoms with Gasteiger partial charge in [0, 0.05) is 25.7 Å². The molecule has 22 heavy (non-hydrogen) atoms. The van der Waals surface area contributed by atoms with Crippen LogP contribution in [0.4, 0.5) is 0 Å². The van der Waals surface area contributed by atoms with E-state index in [9.17, 15) is 9.59 Å². The molecule has 1 aromatic rings. The first-order valence-electron chi connectivity index (χ1n) is 7.49. The van der Waals surface area contributed by atoms with Gasteiger partial charge >= 0.3 is 5.97 Å². The standard InChI is InChI=1S/C15H22N4O3/c1-5-22-15(21)12-10(3)17-11(4)18-13(12)14(20)19-7-6-16-9(2)8-19/h9,16H,5-8H2,1-4H3. The number of piperazine rings is 1.